The third kappa shape index (κ3) is 4.49. The smallest absolute Gasteiger partial charge is 0.279 e. The van der Waals surface area contributed by atoms with Crippen LogP contribution in [-0.4, -0.2) is 38.2 Å². The number of nitrogens with two attached hydrogens (primary N) is 1. The number of halogens is 1. The molecule has 0 amide bonds. The SMILES string of the molecule is Cn1c(/C=C/c2cccc(Cl)c2)nc2nc(N3CCCC(N)C3)n(Cc3ccccc3)c2c1=O. The molecule has 2 aromatic carbocycles. The van der Waals surface area contributed by atoms with E-state index in [9.17, 15) is 4.79 Å². The van der Waals surface area contributed by atoms with Gasteiger partial charge in [-0.25, -0.2) is 4.98 Å². The number of benzene rings is 2. The molecule has 0 aliphatic carbocycles. The highest BCUT2D eigenvalue weighted by Gasteiger charge is 2.25. The topological polar surface area (TPSA) is 82.0 Å². The first-order valence-corrected chi connectivity index (χ1v) is 11.8. The zero-order valence-electron chi connectivity index (χ0n) is 19.1. The molecule has 1 aliphatic rings. The van der Waals surface area contributed by atoms with Gasteiger partial charge in [0.1, 0.15) is 5.82 Å². The molecule has 1 atom stereocenters. The van der Waals surface area contributed by atoms with Crippen molar-refractivity contribution in [1.29, 1.82) is 0 Å². The summed E-state index contributed by atoms with van der Waals surface area (Å²) in [6.45, 7) is 2.10. The summed E-state index contributed by atoms with van der Waals surface area (Å²) in [5.74, 6) is 1.28. The molecule has 0 saturated carbocycles. The van der Waals surface area contributed by atoms with Crippen molar-refractivity contribution < 1.29 is 0 Å². The molecule has 1 fully saturated rings. The summed E-state index contributed by atoms with van der Waals surface area (Å²) >= 11 is 6.10. The van der Waals surface area contributed by atoms with Gasteiger partial charge in [-0.2, -0.15) is 4.98 Å². The highest BCUT2D eigenvalue weighted by atomic mass is 35.5. The summed E-state index contributed by atoms with van der Waals surface area (Å²) in [7, 11) is 1.74. The van der Waals surface area contributed by atoms with Gasteiger partial charge in [-0.15, -0.1) is 0 Å². The molecule has 0 radical (unpaired) electrons. The van der Waals surface area contributed by atoms with Gasteiger partial charge in [-0.3, -0.25) is 13.9 Å². The van der Waals surface area contributed by atoms with Crippen molar-refractivity contribution in [1.82, 2.24) is 19.1 Å². The Morgan fingerprint density at radius 1 is 1.12 bits per heavy atom. The van der Waals surface area contributed by atoms with Crippen molar-refractivity contribution in [2.75, 3.05) is 18.0 Å². The quantitative estimate of drug-likeness (QED) is 0.474. The van der Waals surface area contributed by atoms with Gasteiger partial charge in [0.15, 0.2) is 11.2 Å². The maximum atomic E-state index is 13.5. The van der Waals surface area contributed by atoms with Crippen molar-refractivity contribution in [2.45, 2.75) is 25.4 Å². The Labute approximate surface area is 203 Å². The molecule has 1 aliphatic heterocycles. The fraction of sp³-hybridized carbons (Fsp3) is 0.269. The molecule has 4 aromatic rings. The van der Waals surface area contributed by atoms with E-state index in [4.69, 9.17) is 27.3 Å². The standard InChI is InChI=1S/C26H27ClN6O/c1-31-22(13-12-18-9-5-10-20(27)15-18)29-24-23(25(31)34)33(16-19-7-3-2-4-8-19)26(30-24)32-14-6-11-21(28)17-32/h2-5,7-10,12-13,15,21H,6,11,14,16-17,28H2,1H3/b13-12+. The van der Waals surface area contributed by atoms with Crippen molar-refractivity contribution in [2.24, 2.45) is 12.8 Å². The fourth-order valence-corrected chi connectivity index (χ4v) is 4.64. The summed E-state index contributed by atoms with van der Waals surface area (Å²) in [5, 5.41) is 0.656. The van der Waals surface area contributed by atoms with E-state index in [1.54, 1.807) is 11.6 Å². The number of nitrogens with zero attached hydrogens (tertiary/aromatic N) is 5. The number of anilines is 1. The summed E-state index contributed by atoms with van der Waals surface area (Å²) in [4.78, 5) is 25.3. The summed E-state index contributed by atoms with van der Waals surface area (Å²) in [6.07, 6.45) is 5.70. The van der Waals surface area contributed by atoms with Crippen LogP contribution in [0.25, 0.3) is 23.3 Å². The van der Waals surface area contributed by atoms with Crippen molar-refractivity contribution >= 4 is 40.9 Å². The van der Waals surface area contributed by atoms with E-state index in [0.29, 0.717) is 35.1 Å². The van der Waals surface area contributed by atoms with E-state index < -0.39 is 0 Å². The van der Waals surface area contributed by atoms with Crippen LogP contribution in [-0.2, 0) is 13.6 Å². The van der Waals surface area contributed by atoms with Gasteiger partial charge >= 0.3 is 0 Å². The van der Waals surface area contributed by atoms with Crippen molar-refractivity contribution in [3.8, 4) is 0 Å². The maximum Gasteiger partial charge on any atom is 0.279 e. The Morgan fingerprint density at radius 2 is 1.94 bits per heavy atom. The summed E-state index contributed by atoms with van der Waals surface area (Å²) in [6, 6.07) is 17.7. The number of hydrogen-bond acceptors (Lipinski definition) is 5. The molecule has 1 unspecified atom stereocenters. The molecule has 2 N–H and O–H groups in total. The minimum atomic E-state index is -0.133. The van der Waals surface area contributed by atoms with Crippen LogP contribution in [0.3, 0.4) is 0 Å². The van der Waals surface area contributed by atoms with Crippen LogP contribution < -0.4 is 16.2 Å². The molecule has 2 aromatic heterocycles. The first-order valence-electron chi connectivity index (χ1n) is 11.4. The van der Waals surface area contributed by atoms with Crippen LogP contribution >= 0.6 is 11.6 Å². The summed E-state index contributed by atoms with van der Waals surface area (Å²) < 4.78 is 3.56. The number of aromatic nitrogens is 4. The Bertz CT molecular complexity index is 1410. The zero-order valence-corrected chi connectivity index (χ0v) is 19.8. The maximum absolute atomic E-state index is 13.5. The first-order chi connectivity index (χ1) is 16.5. The van der Waals surface area contributed by atoms with Gasteiger partial charge in [0, 0.05) is 31.2 Å². The second-order valence-electron chi connectivity index (χ2n) is 8.73. The zero-order chi connectivity index (χ0) is 23.7. The second kappa shape index (κ2) is 9.44. The lowest BCUT2D eigenvalue weighted by Gasteiger charge is -2.31. The van der Waals surface area contributed by atoms with Gasteiger partial charge in [0.25, 0.3) is 5.56 Å². The minimum Gasteiger partial charge on any atom is -0.341 e. The molecule has 0 bridgehead atoms. The van der Waals surface area contributed by atoms with Crippen molar-refractivity contribution in [3.05, 3.63) is 86.9 Å². The molecule has 174 valence electrons. The average Bonchev–Trinajstić information content (AvgIpc) is 3.19. The van der Waals surface area contributed by atoms with Crippen LogP contribution in [0.2, 0.25) is 5.02 Å². The van der Waals surface area contributed by atoms with Crippen molar-refractivity contribution in [3.63, 3.8) is 0 Å². The number of piperidine rings is 1. The van der Waals surface area contributed by atoms with Crippen LogP contribution in [0.4, 0.5) is 5.95 Å². The monoisotopic (exact) mass is 474 g/mol. The highest BCUT2D eigenvalue weighted by Crippen LogP contribution is 2.24. The molecule has 7 nitrogen and oxygen atoms in total. The molecular formula is C26H27ClN6O. The molecule has 3 heterocycles. The van der Waals surface area contributed by atoms with Gasteiger partial charge < -0.3 is 10.6 Å². The normalized spacial score (nSPS) is 16.6. The Kier molecular flexibility index (Phi) is 6.22. The minimum absolute atomic E-state index is 0.0886. The third-order valence-corrected chi connectivity index (χ3v) is 6.43. The van der Waals surface area contributed by atoms with Gasteiger partial charge in [0.2, 0.25) is 5.95 Å². The van der Waals surface area contributed by atoms with Crippen LogP contribution in [0.15, 0.2) is 59.4 Å². The molecule has 1 saturated heterocycles. The summed E-state index contributed by atoms with van der Waals surface area (Å²) in [5.41, 5.74) is 9.10. The number of hydrogen-bond donors (Lipinski definition) is 1. The molecule has 0 spiro atoms. The van der Waals surface area contributed by atoms with Gasteiger partial charge in [0.05, 0.1) is 6.54 Å². The lowest BCUT2D eigenvalue weighted by molar-refractivity contribution is 0.495. The molecule has 34 heavy (non-hydrogen) atoms. The second-order valence-corrected chi connectivity index (χ2v) is 9.16. The Balaban J connectivity index is 1.63. The van der Waals surface area contributed by atoms with E-state index in [0.717, 1.165) is 36.5 Å². The van der Waals surface area contributed by atoms with Gasteiger partial charge in [-0.1, -0.05) is 60.1 Å². The van der Waals surface area contributed by atoms with E-state index in [1.807, 2.05) is 59.2 Å². The van der Waals surface area contributed by atoms with E-state index in [2.05, 4.69) is 17.0 Å². The lowest BCUT2D eigenvalue weighted by atomic mass is 10.1. The van der Waals surface area contributed by atoms with E-state index in [-0.39, 0.29) is 11.6 Å². The number of rotatable bonds is 5. The van der Waals surface area contributed by atoms with E-state index >= 15 is 0 Å². The van der Waals surface area contributed by atoms with Crippen LogP contribution in [0.5, 0.6) is 0 Å². The average molecular weight is 475 g/mol. The van der Waals surface area contributed by atoms with Gasteiger partial charge in [-0.05, 0) is 42.2 Å². The van der Waals surface area contributed by atoms with E-state index in [1.165, 1.54) is 0 Å². The number of fused-ring (bicyclic) bond motifs is 1. The third-order valence-electron chi connectivity index (χ3n) is 6.20. The Morgan fingerprint density at radius 3 is 2.71 bits per heavy atom. The highest BCUT2D eigenvalue weighted by molar-refractivity contribution is 6.30. The lowest BCUT2D eigenvalue weighted by Crippen LogP contribution is -2.44. The molecule has 5 rings (SSSR count). The predicted octanol–water partition coefficient (Wildman–Crippen LogP) is 3.93. The largest absolute Gasteiger partial charge is 0.341 e. The molecule has 8 heteroatoms. The van der Waals surface area contributed by atoms with Crippen LogP contribution in [0, 0.1) is 0 Å². The molecular weight excluding hydrogens is 448 g/mol. The Hall–Kier alpha value is -3.42. The predicted molar refractivity (Wildman–Crippen MR) is 138 cm³/mol. The first kappa shape index (κ1) is 22.4. The van der Waals surface area contributed by atoms with Crippen LogP contribution in [0.1, 0.15) is 29.8 Å². The fourth-order valence-electron chi connectivity index (χ4n) is 4.44. The number of imidazole rings is 1.